The predicted molar refractivity (Wildman–Crippen MR) is 131 cm³/mol. The first-order valence-electron chi connectivity index (χ1n) is 11.2. The Kier molecular flexibility index (Phi) is 7.46. The zero-order chi connectivity index (χ0) is 24.3. The molecule has 3 aromatic rings. The fourth-order valence-corrected chi connectivity index (χ4v) is 4.18. The summed E-state index contributed by atoms with van der Waals surface area (Å²) >= 11 is 1.24. The molecule has 0 aliphatic heterocycles. The van der Waals surface area contributed by atoms with Crippen LogP contribution in [0.4, 0.5) is 0 Å². The van der Waals surface area contributed by atoms with E-state index in [4.69, 9.17) is 0 Å². The third-order valence-corrected chi connectivity index (χ3v) is 6.05. The third-order valence-electron chi connectivity index (χ3n) is 5.12. The Balaban J connectivity index is 2.11. The molecule has 0 saturated heterocycles. The molecule has 0 spiro atoms. The Hall–Kier alpha value is -2.88. The second-order valence-corrected chi connectivity index (χ2v) is 10.1. The van der Waals surface area contributed by atoms with Crippen molar-refractivity contribution in [3.63, 3.8) is 0 Å². The highest BCUT2D eigenvalue weighted by molar-refractivity contribution is 7.99. The van der Waals surface area contributed by atoms with Crippen molar-refractivity contribution in [2.24, 2.45) is 0 Å². The molecule has 0 unspecified atom stereocenters. The molecule has 10 heteroatoms. The first kappa shape index (κ1) is 24.8. The number of nitrogens with zero attached hydrogens (tertiary/aromatic N) is 4. The van der Waals surface area contributed by atoms with Gasteiger partial charge in [0.15, 0.2) is 5.16 Å². The average Bonchev–Trinajstić information content (AvgIpc) is 3.17. The summed E-state index contributed by atoms with van der Waals surface area (Å²) in [5, 5.41) is 15.4. The van der Waals surface area contributed by atoms with Crippen molar-refractivity contribution in [2.45, 2.75) is 77.7 Å². The molecular weight excluding hydrogens is 440 g/mol. The second-order valence-electron chi connectivity index (χ2n) is 9.18. The number of amides is 2. The number of hydrogen-bond acceptors (Lipinski definition) is 6. The molecule has 2 N–H and O–H groups in total. The van der Waals surface area contributed by atoms with Gasteiger partial charge in [0.1, 0.15) is 0 Å². The van der Waals surface area contributed by atoms with Gasteiger partial charge in [-0.15, -0.1) is 10.2 Å². The molecule has 1 atom stereocenters. The lowest BCUT2D eigenvalue weighted by Gasteiger charge is -2.20. The van der Waals surface area contributed by atoms with Crippen molar-refractivity contribution in [3.8, 4) is 0 Å². The van der Waals surface area contributed by atoms with Gasteiger partial charge in [0.2, 0.25) is 11.7 Å². The molecule has 0 fully saturated rings. The number of fused-ring (bicyclic) bond motifs is 3. The number of carbonyl (C=O) groups excluding carboxylic acids is 2. The van der Waals surface area contributed by atoms with E-state index in [9.17, 15) is 14.4 Å². The van der Waals surface area contributed by atoms with Gasteiger partial charge in [0.05, 0.1) is 16.7 Å². The van der Waals surface area contributed by atoms with E-state index < -0.39 is 0 Å². The number of nitrogens with one attached hydrogen (secondary N) is 2. The van der Waals surface area contributed by atoms with Crippen molar-refractivity contribution in [1.29, 1.82) is 0 Å². The van der Waals surface area contributed by atoms with E-state index in [1.165, 1.54) is 11.8 Å². The summed E-state index contributed by atoms with van der Waals surface area (Å²) in [5.74, 6) is 0.223. The summed E-state index contributed by atoms with van der Waals surface area (Å²) in [6.45, 7) is 12.2. The molecule has 1 aromatic carbocycles. The van der Waals surface area contributed by atoms with E-state index in [-0.39, 0.29) is 34.7 Å². The average molecular weight is 473 g/mol. The SMILES string of the molecule is CCCn1c(=O)c2ccc(C(=O)N[C@H](C)CC)cc2n2c(SCC(=O)NC(C)(C)C)nnc12. The van der Waals surface area contributed by atoms with Crippen molar-refractivity contribution < 1.29 is 9.59 Å². The molecule has 0 bridgehead atoms. The van der Waals surface area contributed by atoms with Crippen LogP contribution in [-0.4, -0.2) is 48.3 Å². The molecule has 3 rings (SSSR count). The van der Waals surface area contributed by atoms with Crippen molar-refractivity contribution >= 4 is 40.3 Å². The van der Waals surface area contributed by atoms with Gasteiger partial charge in [-0.05, 0) is 58.7 Å². The highest BCUT2D eigenvalue weighted by atomic mass is 32.2. The molecule has 0 saturated carbocycles. The van der Waals surface area contributed by atoms with Gasteiger partial charge in [-0.1, -0.05) is 25.6 Å². The lowest BCUT2D eigenvalue weighted by atomic mass is 10.1. The Morgan fingerprint density at radius 2 is 1.91 bits per heavy atom. The Bertz CT molecular complexity index is 1240. The van der Waals surface area contributed by atoms with Crippen molar-refractivity contribution in [3.05, 3.63) is 34.1 Å². The lowest BCUT2D eigenvalue weighted by Crippen LogP contribution is -2.41. The van der Waals surface area contributed by atoms with Crippen LogP contribution in [0.5, 0.6) is 0 Å². The van der Waals surface area contributed by atoms with Gasteiger partial charge in [0.25, 0.3) is 11.5 Å². The van der Waals surface area contributed by atoms with Crippen molar-refractivity contribution in [1.82, 2.24) is 29.8 Å². The van der Waals surface area contributed by atoms with E-state index in [2.05, 4.69) is 20.8 Å². The maximum absolute atomic E-state index is 13.2. The van der Waals surface area contributed by atoms with Crippen LogP contribution >= 0.6 is 11.8 Å². The Morgan fingerprint density at radius 3 is 2.55 bits per heavy atom. The second kappa shape index (κ2) is 9.94. The van der Waals surface area contributed by atoms with Crippen LogP contribution in [0.15, 0.2) is 28.2 Å². The van der Waals surface area contributed by atoms with E-state index in [1.54, 1.807) is 27.2 Å². The van der Waals surface area contributed by atoms with Crippen LogP contribution in [-0.2, 0) is 11.3 Å². The molecule has 33 heavy (non-hydrogen) atoms. The monoisotopic (exact) mass is 472 g/mol. The Labute approximate surface area is 197 Å². The number of rotatable bonds is 8. The highest BCUT2D eigenvalue weighted by Gasteiger charge is 2.20. The molecule has 2 amide bonds. The molecule has 9 nitrogen and oxygen atoms in total. The molecular formula is C23H32N6O3S. The van der Waals surface area contributed by atoms with Crippen LogP contribution in [0.1, 0.15) is 64.7 Å². The molecule has 0 radical (unpaired) electrons. The van der Waals surface area contributed by atoms with Crippen LogP contribution in [0, 0.1) is 0 Å². The minimum absolute atomic E-state index is 0.0353. The minimum Gasteiger partial charge on any atom is -0.351 e. The number of carbonyl (C=O) groups is 2. The molecule has 0 aliphatic carbocycles. The molecule has 178 valence electrons. The third kappa shape index (κ3) is 5.55. The number of hydrogen-bond donors (Lipinski definition) is 2. The summed E-state index contributed by atoms with van der Waals surface area (Å²) in [5.41, 5.74) is 0.480. The number of aromatic nitrogens is 4. The standard InChI is InChI=1S/C23H32N6O3S/c1-7-11-28-20(32)16-10-9-15(19(31)24-14(3)8-2)12-17(16)29-21(28)26-27-22(29)33-13-18(30)25-23(4,5)6/h9-10,12,14H,7-8,11,13H2,1-6H3,(H,24,31)(H,25,30)/t14-/m1/s1. The zero-order valence-electron chi connectivity index (χ0n) is 20.1. The molecule has 2 aromatic heterocycles. The van der Waals surface area contributed by atoms with Crippen LogP contribution in [0.2, 0.25) is 0 Å². The number of thioether (sulfide) groups is 1. The van der Waals surface area contributed by atoms with Crippen LogP contribution in [0.3, 0.4) is 0 Å². The maximum atomic E-state index is 13.2. The predicted octanol–water partition coefficient (Wildman–Crippen LogP) is 2.99. The summed E-state index contributed by atoms with van der Waals surface area (Å²) < 4.78 is 3.36. The maximum Gasteiger partial charge on any atom is 0.262 e. The summed E-state index contributed by atoms with van der Waals surface area (Å²) in [7, 11) is 0. The zero-order valence-corrected chi connectivity index (χ0v) is 20.9. The van der Waals surface area contributed by atoms with Gasteiger partial charge in [-0.3, -0.25) is 23.4 Å². The van der Waals surface area contributed by atoms with Gasteiger partial charge < -0.3 is 10.6 Å². The fourth-order valence-electron chi connectivity index (χ4n) is 3.44. The first-order valence-corrected chi connectivity index (χ1v) is 12.2. The smallest absolute Gasteiger partial charge is 0.262 e. The number of aryl methyl sites for hydroxylation is 1. The molecule has 2 heterocycles. The largest absolute Gasteiger partial charge is 0.351 e. The summed E-state index contributed by atoms with van der Waals surface area (Å²) in [4.78, 5) is 38.3. The van der Waals surface area contributed by atoms with E-state index in [0.29, 0.717) is 33.9 Å². The summed E-state index contributed by atoms with van der Waals surface area (Å²) in [6.07, 6.45) is 1.56. The highest BCUT2D eigenvalue weighted by Crippen LogP contribution is 2.23. The topological polar surface area (TPSA) is 110 Å². The van der Waals surface area contributed by atoms with Crippen LogP contribution < -0.4 is 16.2 Å². The lowest BCUT2D eigenvalue weighted by molar-refractivity contribution is -0.119. The quantitative estimate of drug-likeness (QED) is 0.488. The van der Waals surface area contributed by atoms with Gasteiger partial charge in [0, 0.05) is 23.7 Å². The minimum atomic E-state index is -0.337. The first-order chi connectivity index (χ1) is 15.6. The van der Waals surface area contributed by atoms with Gasteiger partial charge in [-0.25, -0.2) is 0 Å². The normalized spacial score (nSPS) is 12.8. The Morgan fingerprint density at radius 1 is 1.18 bits per heavy atom. The summed E-state index contributed by atoms with van der Waals surface area (Å²) in [6, 6.07) is 5.07. The van der Waals surface area contributed by atoms with Gasteiger partial charge in [-0.2, -0.15) is 0 Å². The van der Waals surface area contributed by atoms with E-state index in [1.807, 2.05) is 41.5 Å². The fraction of sp³-hybridized carbons (Fsp3) is 0.522. The van der Waals surface area contributed by atoms with Crippen LogP contribution in [0.25, 0.3) is 16.7 Å². The van der Waals surface area contributed by atoms with E-state index >= 15 is 0 Å². The van der Waals surface area contributed by atoms with Gasteiger partial charge >= 0.3 is 0 Å². The molecule has 0 aliphatic rings. The number of benzene rings is 1. The van der Waals surface area contributed by atoms with E-state index in [0.717, 1.165) is 12.8 Å². The van der Waals surface area contributed by atoms with Crippen molar-refractivity contribution in [2.75, 3.05) is 5.75 Å².